The van der Waals surface area contributed by atoms with Gasteiger partial charge in [-0.3, -0.25) is 14.8 Å². The first-order chi connectivity index (χ1) is 9.27. The third-order valence-electron chi connectivity index (χ3n) is 2.28. The van der Waals surface area contributed by atoms with Crippen LogP contribution in [0.1, 0.15) is 24.2 Å². The molecule has 0 radical (unpaired) electrons. The van der Waals surface area contributed by atoms with Gasteiger partial charge in [0.1, 0.15) is 0 Å². The Morgan fingerprint density at radius 2 is 2.00 bits per heavy atom. The number of nitrogens with one attached hydrogen (secondary N) is 3. The molecule has 0 bridgehead atoms. The topological polar surface area (TPSA) is 78.4 Å². The number of carbonyl (C=O) groups is 1. The lowest BCUT2D eigenvalue weighted by Crippen LogP contribution is -2.37. The maximum atomic E-state index is 11.7. The number of aliphatic imine (C=N–C) groups is 1. The molecule has 0 spiro atoms. The second-order valence-corrected chi connectivity index (χ2v) is 3.79. The Morgan fingerprint density at radius 3 is 2.58 bits per heavy atom. The van der Waals surface area contributed by atoms with Crippen molar-refractivity contribution in [3.05, 3.63) is 30.1 Å². The zero-order valence-electron chi connectivity index (χ0n) is 11.4. The van der Waals surface area contributed by atoms with Gasteiger partial charge in [-0.1, -0.05) is 0 Å². The predicted molar refractivity (Wildman–Crippen MR) is 76.2 cm³/mol. The van der Waals surface area contributed by atoms with Crippen LogP contribution >= 0.6 is 0 Å². The first-order valence-corrected chi connectivity index (χ1v) is 6.48. The van der Waals surface area contributed by atoms with Gasteiger partial charge in [-0.05, 0) is 26.0 Å². The Hall–Kier alpha value is -2.11. The molecule has 0 saturated carbocycles. The van der Waals surface area contributed by atoms with Crippen molar-refractivity contribution in [1.82, 2.24) is 20.9 Å². The summed E-state index contributed by atoms with van der Waals surface area (Å²) in [4.78, 5) is 19.9. The van der Waals surface area contributed by atoms with E-state index >= 15 is 0 Å². The van der Waals surface area contributed by atoms with E-state index in [9.17, 15) is 4.79 Å². The molecular weight excluding hydrogens is 242 g/mol. The number of amides is 1. The first kappa shape index (κ1) is 14.9. The zero-order chi connectivity index (χ0) is 13.9. The van der Waals surface area contributed by atoms with Gasteiger partial charge in [0.05, 0.1) is 12.1 Å². The van der Waals surface area contributed by atoms with Crippen molar-refractivity contribution in [2.24, 2.45) is 4.99 Å². The lowest BCUT2D eigenvalue weighted by molar-refractivity contribution is 0.0954. The predicted octanol–water partition coefficient (Wildman–Crippen LogP) is 0.386. The van der Waals surface area contributed by atoms with E-state index in [1.54, 1.807) is 24.5 Å². The van der Waals surface area contributed by atoms with Gasteiger partial charge in [-0.25, -0.2) is 0 Å². The molecular formula is C13H21N5O. The molecule has 1 aromatic heterocycles. The molecule has 0 atom stereocenters. The highest BCUT2D eigenvalue weighted by Gasteiger charge is 2.03. The van der Waals surface area contributed by atoms with Crippen molar-refractivity contribution < 1.29 is 4.79 Å². The van der Waals surface area contributed by atoms with Gasteiger partial charge in [0.15, 0.2) is 5.96 Å². The summed E-state index contributed by atoms with van der Waals surface area (Å²) in [6.07, 6.45) is 3.18. The van der Waals surface area contributed by atoms with Crippen molar-refractivity contribution in [1.29, 1.82) is 0 Å². The molecule has 6 heteroatoms. The third-order valence-corrected chi connectivity index (χ3v) is 2.28. The van der Waals surface area contributed by atoms with Crippen LogP contribution in [-0.2, 0) is 0 Å². The normalized spacial score (nSPS) is 9.58. The summed E-state index contributed by atoms with van der Waals surface area (Å²) in [5.74, 6) is 0.636. The minimum absolute atomic E-state index is 0.128. The molecule has 104 valence electrons. The van der Waals surface area contributed by atoms with Gasteiger partial charge in [-0.15, -0.1) is 0 Å². The fraction of sp³-hybridized carbons (Fsp3) is 0.462. The largest absolute Gasteiger partial charge is 0.357 e. The molecule has 19 heavy (non-hydrogen) atoms. The van der Waals surface area contributed by atoms with E-state index in [-0.39, 0.29) is 5.91 Å². The summed E-state index contributed by atoms with van der Waals surface area (Å²) in [6, 6.07) is 3.47. The van der Waals surface area contributed by atoms with E-state index < -0.39 is 0 Å². The fourth-order valence-corrected chi connectivity index (χ4v) is 1.45. The summed E-state index contributed by atoms with van der Waals surface area (Å²) in [7, 11) is 0. The number of pyridine rings is 1. The van der Waals surface area contributed by atoms with E-state index in [0.717, 1.165) is 19.0 Å². The monoisotopic (exact) mass is 263 g/mol. The van der Waals surface area contributed by atoms with Crippen molar-refractivity contribution >= 4 is 11.9 Å². The lowest BCUT2D eigenvalue weighted by Gasteiger charge is -2.09. The molecule has 1 aromatic rings. The summed E-state index contributed by atoms with van der Waals surface area (Å²) in [5.41, 5.74) is 0.560. The van der Waals surface area contributed by atoms with Crippen LogP contribution in [0.3, 0.4) is 0 Å². The number of guanidine groups is 1. The highest BCUT2D eigenvalue weighted by molar-refractivity contribution is 5.93. The number of nitrogens with zero attached hydrogens (tertiary/aromatic N) is 2. The number of hydrogen-bond donors (Lipinski definition) is 3. The van der Waals surface area contributed by atoms with Gasteiger partial charge in [0.2, 0.25) is 0 Å². The summed E-state index contributed by atoms with van der Waals surface area (Å²) in [5, 5.41) is 9.04. The lowest BCUT2D eigenvalue weighted by atomic mass is 10.3. The van der Waals surface area contributed by atoms with Crippen LogP contribution in [0.5, 0.6) is 0 Å². The van der Waals surface area contributed by atoms with Gasteiger partial charge >= 0.3 is 0 Å². The maximum Gasteiger partial charge on any atom is 0.252 e. The number of carbonyl (C=O) groups excluding carboxylic acids is 1. The minimum atomic E-state index is -0.128. The van der Waals surface area contributed by atoms with Crippen molar-refractivity contribution in [2.45, 2.75) is 13.8 Å². The van der Waals surface area contributed by atoms with Crippen molar-refractivity contribution in [2.75, 3.05) is 26.2 Å². The zero-order valence-corrected chi connectivity index (χ0v) is 11.4. The highest BCUT2D eigenvalue weighted by atomic mass is 16.1. The Balaban J connectivity index is 2.33. The van der Waals surface area contributed by atoms with Gasteiger partial charge in [-0.2, -0.15) is 0 Å². The quantitative estimate of drug-likeness (QED) is 0.394. The van der Waals surface area contributed by atoms with E-state index in [1.165, 1.54) is 0 Å². The Bertz CT molecular complexity index is 397. The molecule has 0 aliphatic carbocycles. The molecule has 1 amide bonds. The second kappa shape index (κ2) is 8.91. The SMILES string of the molecule is CCNC(=NCCNC(=O)c1cccnc1)NCC. The summed E-state index contributed by atoms with van der Waals surface area (Å²) < 4.78 is 0. The standard InChI is InChI=1S/C13H21N5O/c1-3-15-13(16-4-2)18-9-8-17-12(19)11-6-5-7-14-10-11/h5-7,10H,3-4,8-9H2,1-2H3,(H,17,19)(H2,15,16,18). The van der Waals surface area contributed by atoms with Crippen LogP contribution < -0.4 is 16.0 Å². The summed E-state index contributed by atoms with van der Waals surface area (Å²) >= 11 is 0. The molecule has 0 unspecified atom stereocenters. The van der Waals surface area contributed by atoms with Crippen LogP contribution in [0.25, 0.3) is 0 Å². The Morgan fingerprint density at radius 1 is 1.26 bits per heavy atom. The first-order valence-electron chi connectivity index (χ1n) is 6.48. The van der Waals surface area contributed by atoms with Crippen LogP contribution in [0.2, 0.25) is 0 Å². The van der Waals surface area contributed by atoms with Crippen molar-refractivity contribution in [3.63, 3.8) is 0 Å². The second-order valence-electron chi connectivity index (χ2n) is 3.79. The van der Waals surface area contributed by atoms with Crippen LogP contribution in [0.4, 0.5) is 0 Å². The molecule has 3 N–H and O–H groups in total. The minimum Gasteiger partial charge on any atom is -0.357 e. The molecule has 0 fully saturated rings. The van der Waals surface area contributed by atoms with Crippen LogP contribution in [0.15, 0.2) is 29.5 Å². The summed E-state index contributed by atoms with van der Waals surface area (Å²) in [6.45, 7) is 6.67. The smallest absolute Gasteiger partial charge is 0.252 e. The van der Waals surface area contributed by atoms with Crippen LogP contribution in [-0.4, -0.2) is 43.0 Å². The third kappa shape index (κ3) is 5.85. The fourth-order valence-electron chi connectivity index (χ4n) is 1.45. The maximum absolute atomic E-state index is 11.7. The molecule has 0 saturated heterocycles. The Labute approximate surface area is 113 Å². The molecule has 1 rings (SSSR count). The van der Waals surface area contributed by atoms with Gasteiger partial charge < -0.3 is 16.0 Å². The van der Waals surface area contributed by atoms with E-state index in [1.807, 2.05) is 13.8 Å². The average Bonchev–Trinajstić information content (AvgIpc) is 2.44. The molecule has 0 aliphatic rings. The van der Waals surface area contributed by atoms with E-state index in [2.05, 4.69) is 25.9 Å². The molecule has 1 heterocycles. The number of aromatic nitrogens is 1. The number of hydrogen-bond acceptors (Lipinski definition) is 3. The Kier molecular flexibility index (Phi) is 7.01. The van der Waals surface area contributed by atoms with Gasteiger partial charge in [0.25, 0.3) is 5.91 Å². The number of rotatable bonds is 6. The van der Waals surface area contributed by atoms with Crippen molar-refractivity contribution in [3.8, 4) is 0 Å². The van der Waals surface area contributed by atoms with E-state index in [4.69, 9.17) is 0 Å². The molecule has 0 aromatic carbocycles. The van der Waals surface area contributed by atoms with Gasteiger partial charge in [0, 0.05) is 32.0 Å². The average molecular weight is 263 g/mol. The molecule has 0 aliphatic heterocycles. The van der Waals surface area contributed by atoms with Crippen LogP contribution in [0, 0.1) is 0 Å². The van der Waals surface area contributed by atoms with E-state index in [0.29, 0.717) is 18.7 Å². The molecule has 6 nitrogen and oxygen atoms in total. The highest BCUT2D eigenvalue weighted by Crippen LogP contribution is 1.94.